The molecule has 2 heterocycles. The molecule has 6 nitrogen and oxygen atoms in total. The summed E-state index contributed by atoms with van der Waals surface area (Å²) in [7, 11) is 0. The Hall–Kier alpha value is -3.07. The standard InChI is InChI=1S/C19H24N2O2.C4H5NO.C2H6/c1-4-15-7-9-16(10-8-15)13-20-19(23)17-6-5-11-21(17)18(22)12-14(2)3;1-4-2-3-6-5-4;1-2/h1,7-10,14,17H,5-6,11-13H2,2-3H3,(H,20,23);2-3H,1H3;1-2H3. The highest BCUT2D eigenvalue weighted by Crippen LogP contribution is 2.20. The van der Waals surface area contributed by atoms with E-state index >= 15 is 0 Å². The SMILES string of the molecule is C#Cc1ccc(CNC(=O)C2CCCN2C(=O)CC(C)C)cc1.CC.Cc1ccon1. The summed E-state index contributed by atoms with van der Waals surface area (Å²) in [6.45, 7) is 11.0. The number of nitrogens with one attached hydrogen (secondary N) is 1. The maximum absolute atomic E-state index is 12.4. The number of aryl methyl sites for hydroxylation is 1. The van der Waals surface area contributed by atoms with Gasteiger partial charge in [0.15, 0.2) is 0 Å². The molecular weight excluding hydrogens is 390 g/mol. The Morgan fingerprint density at radius 1 is 1.26 bits per heavy atom. The number of benzene rings is 1. The minimum Gasteiger partial charge on any atom is -0.365 e. The van der Waals surface area contributed by atoms with Gasteiger partial charge >= 0.3 is 0 Å². The van der Waals surface area contributed by atoms with E-state index in [1.807, 2.05) is 58.9 Å². The lowest BCUT2D eigenvalue weighted by Crippen LogP contribution is -2.46. The van der Waals surface area contributed by atoms with Crippen molar-refractivity contribution in [3.05, 3.63) is 53.4 Å². The Kier molecular flexibility index (Phi) is 11.7. The molecule has 6 heteroatoms. The first-order chi connectivity index (χ1) is 14.9. The zero-order chi connectivity index (χ0) is 23.2. The number of nitrogens with zero attached hydrogens (tertiary/aromatic N) is 2. The van der Waals surface area contributed by atoms with Gasteiger partial charge in [-0.05, 0) is 43.4 Å². The topological polar surface area (TPSA) is 75.4 Å². The Balaban J connectivity index is 0.000000508. The normalized spacial score (nSPS) is 14.6. The van der Waals surface area contributed by atoms with Crippen molar-refractivity contribution < 1.29 is 14.1 Å². The molecule has 1 fully saturated rings. The zero-order valence-corrected chi connectivity index (χ0v) is 19.4. The van der Waals surface area contributed by atoms with Crippen LogP contribution in [0.2, 0.25) is 0 Å². The Bertz CT molecular complexity index is 821. The summed E-state index contributed by atoms with van der Waals surface area (Å²) in [6.07, 6.45) is 9.00. The smallest absolute Gasteiger partial charge is 0.243 e. The molecule has 1 saturated heterocycles. The Morgan fingerprint density at radius 2 is 1.94 bits per heavy atom. The maximum atomic E-state index is 12.4. The average Bonchev–Trinajstić information content (AvgIpc) is 3.45. The molecule has 1 unspecified atom stereocenters. The summed E-state index contributed by atoms with van der Waals surface area (Å²) in [6, 6.07) is 9.01. The van der Waals surface area contributed by atoms with Crippen LogP contribution in [0.4, 0.5) is 0 Å². The van der Waals surface area contributed by atoms with Crippen LogP contribution >= 0.6 is 0 Å². The fourth-order valence-corrected chi connectivity index (χ4v) is 3.10. The van der Waals surface area contributed by atoms with Crippen molar-refractivity contribution in [2.75, 3.05) is 6.54 Å². The number of carbonyl (C=O) groups excluding carboxylic acids is 2. The third kappa shape index (κ3) is 9.08. The van der Waals surface area contributed by atoms with Gasteiger partial charge in [-0.1, -0.05) is 50.9 Å². The van der Waals surface area contributed by atoms with Crippen molar-refractivity contribution in [1.29, 1.82) is 0 Å². The summed E-state index contributed by atoms with van der Waals surface area (Å²) >= 11 is 0. The molecule has 1 aliphatic heterocycles. The Morgan fingerprint density at radius 3 is 2.42 bits per heavy atom. The zero-order valence-electron chi connectivity index (χ0n) is 19.4. The van der Waals surface area contributed by atoms with Crippen molar-refractivity contribution in [1.82, 2.24) is 15.4 Å². The van der Waals surface area contributed by atoms with E-state index in [1.54, 1.807) is 17.2 Å². The van der Waals surface area contributed by atoms with Gasteiger partial charge in [0.2, 0.25) is 11.8 Å². The van der Waals surface area contributed by atoms with E-state index in [4.69, 9.17) is 6.42 Å². The summed E-state index contributed by atoms with van der Waals surface area (Å²) < 4.78 is 4.46. The van der Waals surface area contributed by atoms with Crippen molar-refractivity contribution >= 4 is 11.8 Å². The van der Waals surface area contributed by atoms with Crippen molar-refractivity contribution in [2.24, 2.45) is 5.92 Å². The number of hydrogen-bond donors (Lipinski definition) is 1. The minimum absolute atomic E-state index is 0.0689. The summed E-state index contributed by atoms with van der Waals surface area (Å²) in [4.78, 5) is 26.4. The first-order valence-electron chi connectivity index (χ1n) is 10.9. The van der Waals surface area contributed by atoms with E-state index in [1.165, 1.54) is 0 Å². The van der Waals surface area contributed by atoms with Crippen LogP contribution in [0.1, 0.15) is 63.8 Å². The summed E-state index contributed by atoms with van der Waals surface area (Å²) in [5, 5.41) is 6.47. The van der Waals surface area contributed by atoms with E-state index in [0.29, 0.717) is 25.4 Å². The van der Waals surface area contributed by atoms with Gasteiger partial charge < -0.3 is 14.7 Å². The van der Waals surface area contributed by atoms with E-state index in [2.05, 4.69) is 20.9 Å². The molecule has 31 heavy (non-hydrogen) atoms. The molecule has 0 aliphatic carbocycles. The van der Waals surface area contributed by atoms with Gasteiger partial charge in [-0.25, -0.2) is 0 Å². The highest BCUT2D eigenvalue weighted by Gasteiger charge is 2.33. The second-order valence-corrected chi connectivity index (χ2v) is 7.54. The molecule has 1 N–H and O–H groups in total. The van der Waals surface area contributed by atoms with Crippen LogP contribution in [-0.4, -0.2) is 34.5 Å². The van der Waals surface area contributed by atoms with Gasteiger partial charge in [0.1, 0.15) is 12.3 Å². The third-order valence-electron chi connectivity index (χ3n) is 4.61. The summed E-state index contributed by atoms with van der Waals surface area (Å²) in [5.41, 5.74) is 2.74. The molecule has 0 radical (unpaired) electrons. The second kappa shape index (κ2) is 14.0. The third-order valence-corrected chi connectivity index (χ3v) is 4.61. The molecular formula is C25H35N3O3. The molecule has 2 aromatic rings. The predicted octanol–water partition coefficient (Wildman–Crippen LogP) is 4.33. The highest BCUT2D eigenvalue weighted by molar-refractivity contribution is 5.88. The molecule has 2 amide bonds. The number of amides is 2. The van der Waals surface area contributed by atoms with Crippen LogP contribution in [0.25, 0.3) is 0 Å². The highest BCUT2D eigenvalue weighted by atomic mass is 16.5. The largest absolute Gasteiger partial charge is 0.365 e. The number of terminal acetylenes is 1. The van der Waals surface area contributed by atoms with E-state index < -0.39 is 0 Å². The monoisotopic (exact) mass is 425 g/mol. The van der Waals surface area contributed by atoms with Crippen LogP contribution in [0.3, 0.4) is 0 Å². The molecule has 3 rings (SSSR count). The molecule has 0 saturated carbocycles. The van der Waals surface area contributed by atoms with Crippen molar-refractivity contribution in [2.45, 2.75) is 66.5 Å². The molecule has 1 aliphatic rings. The van der Waals surface area contributed by atoms with Gasteiger partial charge in [-0.2, -0.15) is 0 Å². The number of aromatic nitrogens is 1. The molecule has 1 aromatic carbocycles. The molecule has 168 valence electrons. The fraction of sp³-hybridized carbons (Fsp3) is 0.480. The van der Waals surface area contributed by atoms with Crippen LogP contribution in [-0.2, 0) is 16.1 Å². The lowest BCUT2D eigenvalue weighted by molar-refractivity contribution is -0.139. The fourth-order valence-electron chi connectivity index (χ4n) is 3.10. The average molecular weight is 426 g/mol. The first kappa shape index (κ1) is 26.0. The lowest BCUT2D eigenvalue weighted by Gasteiger charge is -2.24. The number of likely N-dealkylation sites (tertiary alicyclic amines) is 1. The quantitative estimate of drug-likeness (QED) is 0.724. The van der Waals surface area contributed by atoms with Crippen LogP contribution in [0.5, 0.6) is 0 Å². The minimum atomic E-state index is -0.328. The predicted molar refractivity (Wildman–Crippen MR) is 123 cm³/mol. The second-order valence-electron chi connectivity index (χ2n) is 7.54. The van der Waals surface area contributed by atoms with E-state index in [-0.39, 0.29) is 17.9 Å². The molecule has 1 atom stereocenters. The van der Waals surface area contributed by atoms with Crippen LogP contribution in [0.15, 0.2) is 41.1 Å². The molecule has 1 aromatic heterocycles. The van der Waals surface area contributed by atoms with Crippen LogP contribution < -0.4 is 5.32 Å². The number of carbonyl (C=O) groups is 2. The van der Waals surface area contributed by atoms with Gasteiger partial charge in [0.05, 0.1) is 5.69 Å². The van der Waals surface area contributed by atoms with Crippen molar-refractivity contribution in [3.8, 4) is 12.3 Å². The lowest BCUT2D eigenvalue weighted by atomic mass is 10.1. The van der Waals surface area contributed by atoms with Gasteiger partial charge in [-0.15, -0.1) is 6.42 Å². The van der Waals surface area contributed by atoms with Gasteiger partial charge in [0, 0.05) is 31.1 Å². The van der Waals surface area contributed by atoms with E-state index in [9.17, 15) is 9.59 Å². The maximum Gasteiger partial charge on any atom is 0.243 e. The first-order valence-corrected chi connectivity index (χ1v) is 10.9. The molecule has 0 bridgehead atoms. The summed E-state index contributed by atoms with van der Waals surface area (Å²) in [5.74, 6) is 2.88. The molecule has 0 spiro atoms. The Labute approximate surface area is 186 Å². The van der Waals surface area contributed by atoms with Crippen LogP contribution in [0, 0.1) is 25.2 Å². The van der Waals surface area contributed by atoms with Gasteiger partial charge in [-0.3, -0.25) is 9.59 Å². The van der Waals surface area contributed by atoms with Gasteiger partial charge in [0.25, 0.3) is 0 Å². The van der Waals surface area contributed by atoms with Crippen molar-refractivity contribution in [3.63, 3.8) is 0 Å². The number of hydrogen-bond acceptors (Lipinski definition) is 4. The number of rotatable bonds is 5. The van der Waals surface area contributed by atoms with E-state index in [0.717, 1.165) is 29.7 Å².